The van der Waals surface area contributed by atoms with E-state index in [1.54, 1.807) is 0 Å². The number of halogens is 2. The Hall–Kier alpha value is -1.08. The van der Waals surface area contributed by atoms with Crippen LogP contribution in [0.4, 0.5) is 10.1 Å². The lowest BCUT2D eigenvalue weighted by Crippen LogP contribution is -2.34. The van der Waals surface area contributed by atoms with Gasteiger partial charge in [0.2, 0.25) is 0 Å². The maximum atomic E-state index is 13.0. The molecule has 0 bridgehead atoms. The van der Waals surface area contributed by atoms with Gasteiger partial charge in [0.15, 0.2) is 0 Å². The maximum Gasteiger partial charge on any atom is 0.103 e. The van der Waals surface area contributed by atoms with Crippen LogP contribution >= 0.6 is 15.9 Å². The van der Waals surface area contributed by atoms with Gasteiger partial charge in [-0.2, -0.15) is 5.26 Å². The van der Waals surface area contributed by atoms with Crippen molar-refractivity contribution >= 4 is 21.6 Å². The van der Waals surface area contributed by atoms with Gasteiger partial charge in [-0.1, -0.05) is 6.07 Å². The molecule has 2 nitrogen and oxygen atoms in total. The summed E-state index contributed by atoms with van der Waals surface area (Å²) in [5.41, 5.74) is 1.54. The number of hydrogen-bond donors (Lipinski definition) is 0. The minimum absolute atomic E-state index is 0.553. The highest BCUT2D eigenvalue weighted by Crippen LogP contribution is 2.29. The van der Waals surface area contributed by atoms with E-state index in [0.29, 0.717) is 31.5 Å². The van der Waals surface area contributed by atoms with Gasteiger partial charge in [0.25, 0.3) is 0 Å². The normalized spacial score (nSPS) is 17.2. The fourth-order valence-corrected chi connectivity index (χ4v) is 2.42. The molecule has 16 heavy (non-hydrogen) atoms. The van der Waals surface area contributed by atoms with E-state index in [4.69, 9.17) is 5.26 Å². The Morgan fingerprint density at radius 2 is 2.06 bits per heavy atom. The Morgan fingerprint density at radius 3 is 2.69 bits per heavy atom. The molecule has 0 spiro atoms. The van der Waals surface area contributed by atoms with Crippen LogP contribution < -0.4 is 4.90 Å². The Labute approximate surface area is 103 Å². The molecular weight excluding hydrogens is 271 g/mol. The van der Waals surface area contributed by atoms with Crippen LogP contribution in [0.1, 0.15) is 18.4 Å². The first-order chi connectivity index (χ1) is 7.72. The van der Waals surface area contributed by atoms with Gasteiger partial charge in [-0.25, -0.2) is 4.39 Å². The van der Waals surface area contributed by atoms with Gasteiger partial charge >= 0.3 is 0 Å². The molecule has 1 aromatic rings. The predicted molar refractivity (Wildman–Crippen MR) is 65.2 cm³/mol. The van der Waals surface area contributed by atoms with Crippen LogP contribution in [-0.4, -0.2) is 19.3 Å². The van der Waals surface area contributed by atoms with Crippen molar-refractivity contribution in [2.75, 3.05) is 18.0 Å². The van der Waals surface area contributed by atoms with E-state index >= 15 is 0 Å². The van der Waals surface area contributed by atoms with Crippen molar-refractivity contribution in [3.63, 3.8) is 0 Å². The molecule has 0 saturated carbocycles. The number of piperidine rings is 1. The number of nitriles is 1. The third kappa shape index (κ3) is 2.19. The van der Waals surface area contributed by atoms with Crippen molar-refractivity contribution < 1.29 is 4.39 Å². The molecule has 0 radical (unpaired) electrons. The molecule has 0 aliphatic carbocycles. The number of hydrogen-bond acceptors (Lipinski definition) is 2. The summed E-state index contributed by atoms with van der Waals surface area (Å²) in [5, 5.41) is 9.10. The summed E-state index contributed by atoms with van der Waals surface area (Å²) in [6.45, 7) is 1.37. The van der Waals surface area contributed by atoms with Crippen LogP contribution in [0.2, 0.25) is 0 Å². The average Bonchev–Trinajstić information content (AvgIpc) is 2.30. The molecule has 0 unspecified atom stereocenters. The van der Waals surface area contributed by atoms with E-state index in [1.165, 1.54) is 0 Å². The van der Waals surface area contributed by atoms with Crippen molar-refractivity contribution in [1.29, 1.82) is 5.26 Å². The van der Waals surface area contributed by atoms with Crippen LogP contribution in [0.25, 0.3) is 0 Å². The third-order valence-corrected chi connectivity index (χ3v) is 3.53. The summed E-state index contributed by atoms with van der Waals surface area (Å²) >= 11 is 3.36. The molecule has 1 aliphatic heterocycles. The molecule has 0 atom stereocenters. The second-order valence-corrected chi connectivity index (χ2v) is 4.76. The van der Waals surface area contributed by atoms with E-state index in [1.807, 2.05) is 18.2 Å². The Morgan fingerprint density at radius 1 is 1.38 bits per heavy atom. The van der Waals surface area contributed by atoms with Gasteiger partial charge in [0.1, 0.15) is 12.2 Å². The lowest BCUT2D eigenvalue weighted by Gasteiger charge is -2.31. The molecule has 1 heterocycles. The average molecular weight is 283 g/mol. The zero-order valence-corrected chi connectivity index (χ0v) is 10.4. The fraction of sp³-hybridized carbons (Fsp3) is 0.417. The van der Waals surface area contributed by atoms with Gasteiger partial charge in [-0.15, -0.1) is 0 Å². The number of alkyl halides is 1. The smallest absolute Gasteiger partial charge is 0.103 e. The number of anilines is 1. The summed E-state index contributed by atoms with van der Waals surface area (Å²) in [4.78, 5) is 2.08. The minimum atomic E-state index is -0.686. The molecule has 0 N–H and O–H groups in total. The summed E-state index contributed by atoms with van der Waals surface area (Å²) in [7, 11) is 0. The summed E-state index contributed by atoms with van der Waals surface area (Å²) in [6.07, 6.45) is 0.420. The summed E-state index contributed by atoms with van der Waals surface area (Å²) in [6, 6.07) is 7.86. The van der Waals surface area contributed by atoms with Crippen LogP contribution in [0.5, 0.6) is 0 Å². The van der Waals surface area contributed by atoms with Gasteiger partial charge in [-0.05, 0) is 40.9 Å². The Bertz CT molecular complexity index is 420. The quantitative estimate of drug-likeness (QED) is 0.791. The Balaban J connectivity index is 2.27. The van der Waals surface area contributed by atoms with Crippen LogP contribution in [0.15, 0.2) is 22.7 Å². The fourth-order valence-electron chi connectivity index (χ4n) is 1.98. The van der Waals surface area contributed by atoms with Crippen molar-refractivity contribution in [3.8, 4) is 6.07 Å². The highest BCUT2D eigenvalue weighted by Gasteiger charge is 2.21. The van der Waals surface area contributed by atoms with E-state index < -0.39 is 6.17 Å². The van der Waals surface area contributed by atoms with Gasteiger partial charge in [0, 0.05) is 17.6 Å². The number of rotatable bonds is 1. The predicted octanol–water partition coefficient (Wildman–Crippen LogP) is 3.26. The number of benzene rings is 1. The molecule has 0 aromatic heterocycles. The minimum Gasteiger partial charge on any atom is -0.370 e. The van der Waals surface area contributed by atoms with E-state index in [9.17, 15) is 4.39 Å². The van der Waals surface area contributed by atoms with Crippen LogP contribution in [0, 0.1) is 11.3 Å². The van der Waals surface area contributed by atoms with Crippen molar-refractivity contribution in [1.82, 2.24) is 0 Å². The molecule has 4 heteroatoms. The van der Waals surface area contributed by atoms with Crippen molar-refractivity contribution in [2.45, 2.75) is 19.0 Å². The van der Waals surface area contributed by atoms with Gasteiger partial charge in [-0.3, -0.25) is 0 Å². The van der Waals surface area contributed by atoms with E-state index in [2.05, 4.69) is 26.9 Å². The van der Waals surface area contributed by atoms with Crippen molar-refractivity contribution in [3.05, 3.63) is 28.2 Å². The number of nitrogens with zero attached hydrogens (tertiary/aromatic N) is 2. The molecule has 2 rings (SSSR count). The van der Waals surface area contributed by atoms with E-state index in [0.717, 1.165) is 10.2 Å². The standard InChI is InChI=1S/C12H12BrFN2/c13-11-2-1-3-12(10(11)8-15)16-6-4-9(14)5-7-16/h1-3,9H,4-7H2. The largest absolute Gasteiger partial charge is 0.370 e. The zero-order valence-electron chi connectivity index (χ0n) is 8.79. The zero-order chi connectivity index (χ0) is 11.5. The molecule has 1 aliphatic rings. The van der Waals surface area contributed by atoms with E-state index in [-0.39, 0.29) is 0 Å². The SMILES string of the molecule is N#Cc1c(Br)cccc1N1CCC(F)CC1. The maximum absolute atomic E-state index is 13.0. The van der Waals surface area contributed by atoms with Crippen molar-refractivity contribution in [2.24, 2.45) is 0 Å². The first-order valence-electron chi connectivity index (χ1n) is 5.30. The van der Waals surface area contributed by atoms with Gasteiger partial charge < -0.3 is 4.90 Å². The molecular formula is C12H12BrFN2. The molecule has 0 amide bonds. The topological polar surface area (TPSA) is 27.0 Å². The third-order valence-electron chi connectivity index (χ3n) is 2.87. The summed E-state index contributed by atoms with van der Waals surface area (Å²) < 4.78 is 13.8. The summed E-state index contributed by atoms with van der Waals surface area (Å²) in [5.74, 6) is 0. The highest BCUT2D eigenvalue weighted by atomic mass is 79.9. The van der Waals surface area contributed by atoms with Gasteiger partial charge in [0.05, 0.1) is 11.3 Å². The Kier molecular flexibility index (Phi) is 3.45. The second kappa shape index (κ2) is 4.84. The lowest BCUT2D eigenvalue weighted by molar-refractivity contribution is 0.277. The second-order valence-electron chi connectivity index (χ2n) is 3.91. The molecule has 1 aromatic carbocycles. The molecule has 84 valence electrons. The molecule has 1 saturated heterocycles. The highest BCUT2D eigenvalue weighted by molar-refractivity contribution is 9.10. The van der Waals surface area contributed by atoms with Crippen LogP contribution in [0.3, 0.4) is 0 Å². The first kappa shape index (κ1) is 11.4. The first-order valence-corrected chi connectivity index (χ1v) is 6.09. The molecule has 1 fully saturated rings. The monoisotopic (exact) mass is 282 g/mol. The van der Waals surface area contributed by atoms with Crippen LogP contribution in [-0.2, 0) is 0 Å². The lowest BCUT2D eigenvalue weighted by atomic mass is 10.1.